The number of aliphatic imine (C=N–C) groups is 1. The molecule has 2 rings (SSSR count). The summed E-state index contributed by atoms with van der Waals surface area (Å²) in [6, 6.07) is 8.07. The molecule has 0 amide bonds. The number of rotatable bonds is 2. The number of methoxy groups -OCH3 is 1. The smallest absolute Gasteiger partial charge is 0.129 e. The van der Waals surface area contributed by atoms with Crippen LogP contribution in [0.1, 0.15) is 0 Å². The third-order valence-corrected chi connectivity index (χ3v) is 4.00. The van der Waals surface area contributed by atoms with Crippen molar-refractivity contribution in [1.29, 1.82) is 0 Å². The van der Waals surface area contributed by atoms with Gasteiger partial charge in [0.15, 0.2) is 0 Å². The number of benzene rings is 1. The van der Waals surface area contributed by atoms with Gasteiger partial charge in [-0.25, -0.2) is 0 Å². The van der Waals surface area contributed by atoms with E-state index in [1.807, 2.05) is 23.9 Å². The summed E-state index contributed by atoms with van der Waals surface area (Å²) in [4.78, 5) is 5.61. The van der Waals surface area contributed by atoms with E-state index in [1.165, 1.54) is 9.27 Å². The minimum absolute atomic E-state index is 0.898. The van der Waals surface area contributed by atoms with Crippen LogP contribution >= 0.6 is 23.5 Å². The number of hydrogen-bond donors (Lipinski definition) is 0. The Labute approximate surface area is 92.1 Å². The Morgan fingerprint density at radius 3 is 2.71 bits per heavy atom. The first kappa shape index (κ1) is 9.93. The maximum atomic E-state index is 5.09. The normalized spacial score (nSPS) is 15.4. The first-order chi connectivity index (χ1) is 6.88. The zero-order valence-electron chi connectivity index (χ0n) is 7.90. The summed E-state index contributed by atoms with van der Waals surface area (Å²) >= 11 is 3.56. The summed E-state index contributed by atoms with van der Waals surface area (Å²) in [5.41, 5.74) is 0. The van der Waals surface area contributed by atoms with Gasteiger partial charge in [-0.15, -0.1) is 0 Å². The molecule has 1 heterocycles. The van der Waals surface area contributed by atoms with Crippen molar-refractivity contribution in [2.75, 3.05) is 19.4 Å². The van der Waals surface area contributed by atoms with Crippen LogP contribution in [0, 0.1) is 0 Å². The Morgan fingerprint density at radius 2 is 2.14 bits per heavy atom. The molecule has 0 unspecified atom stereocenters. The summed E-state index contributed by atoms with van der Waals surface area (Å²) < 4.78 is 6.27. The fourth-order valence-electron chi connectivity index (χ4n) is 1.12. The summed E-state index contributed by atoms with van der Waals surface area (Å²) in [5.74, 6) is 2.02. The lowest BCUT2D eigenvalue weighted by atomic mass is 10.3. The van der Waals surface area contributed by atoms with E-state index >= 15 is 0 Å². The Kier molecular flexibility index (Phi) is 3.37. The molecular weight excluding hydrogens is 214 g/mol. The standard InChI is InChI=1S/C10H11NOS2/c1-12-8-2-4-9(5-3-8)14-10-11-6-7-13-10/h2-5H,6-7H2,1H3. The number of nitrogens with zero attached hydrogens (tertiary/aromatic N) is 1. The lowest BCUT2D eigenvalue weighted by Crippen LogP contribution is -1.83. The monoisotopic (exact) mass is 225 g/mol. The minimum atomic E-state index is 0.898. The van der Waals surface area contributed by atoms with Crippen LogP contribution < -0.4 is 4.74 Å². The first-order valence-corrected chi connectivity index (χ1v) is 6.18. The van der Waals surface area contributed by atoms with Gasteiger partial charge in [-0.1, -0.05) is 23.5 Å². The number of hydrogen-bond acceptors (Lipinski definition) is 4. The maximum Gasteiger partial charge on any atom is 0.129 e. The van der Waals surface area contributed by atoms with E-state index in [9.17, 15) is 0 Å². The molecule has 0 spiro atoms. The van der Waals surface area contributed by atoms with Crippen LogP contribution in [-0.2, 0) is 0 Å². The van der Waals surface area contributed by atoms with Gasteiger partial charge in [0.05, 0.1) is 13.7 Å². The van der Waals surface area contributed by atoms with Crippen molar-refractivity contribution in [1.82, 2.24) is 0 Å². The predicted octanol–water partition coefficient (Wildman–Crippen LogP) is 2.89. The molecule has 0 saturated carbocycles. The quantitative estimate of drug-likeness (QED) is 0.772. The first-order valence-electron chi connectivity index (χ1n) is 4.37. The molecule has 0 saturated heterocycles. The second-order valence-corrected chi connectivity index (χ2v) is 5.18. The molecule has 0 aromatic heterocycles. The zero-order valence-corrected chi connectivity index (χ0v) is 9.53. The number of thioether (sulfide) groups is 2. The molecule has 0 aliphatic carbocycles. The topological polar surface area (TPSA) is 21.6 Å². The fourth-order valence-corrected chi connectivity index (χ4v) is 3.07. The molecule has 4 heteroatoms. The highest BCUT2D eigenvalue weighted by Gasteiger charge is 2.08. The number of ether oxygens (including phenoxy) is 1. The highest BCUT2D eigenvalue weighted by molar-refractivity contribution is 8.39. The van der Waals surface area contributed by atoms with Crippen molar-refractivity contribution in [3.63, 3.8) is 0 Å². The van der Waals surface area contributed by atoms with Crippen molar-refractivity contribution >= 4 is 27.9 Å². The Morgan fingerprint density at radius 1 is 1.36 bits per heavy atom. The second kappa shape index (κ2) is 4.75. The Hall–Kier alpha value is -0.610. The van der Waals surface area contributed by atoms with Gasteiger partial charge in [-0.05, 0) is 24.3 Å². The van der Waals surface area contributed by atoms with Gasteiger partial charge in [0.1, 0.15) is 10.1 Å². The van der Waals surface area contributed by atoms with Crippen LogP contribution in [0.3, 0.4) is 0 Å². The molecule has 14 heavy (non-hydrogen) atoms. The van der Waals surface area contributed by atoms with Crippen LogP contribution in [0.4, 0.5) is 0 Å². The van der Waals surface area contributed by atoms with Crippen molar-refractivity contribution in [3.8, 4) is 5.75 Å². The van der Waals surface area contributed by atoms with E-state index in [0.717, 1.165) is 18.0 Å². The van der Waals surface area contributed by atoms with E-state index in [-0.39, 0.29) is 0 Å². The maximum absolute atomic E-state index is 5.09. The zero-order chi connectivity index (χ0) is 9.80. The molecule has 74 valence electrons. The second-order valence-electron chi connectivity index (χ2n) is 2.77. The van der Waals surface area contributed by atoms with E-state index in [0.29, 0.717) is 0 Å². The summed E-state index contributed by atoms with van der Waals surface area (Å²) in [7, 11) is 1.68. The average Bonchev–Trinajstić information content (AvgIpc) is 2.72. The van der Waals surface area contributed by atoms with E-state index in [4.69, 9.17) is 4.74 Å². The van der Waals surface area contributed by atoms with Crippen molar-refractivity contribution < 1.29 is 4.74 Å². The van der Waals surface area contributed by atoms with Gasteiger partial charge >= 0.3 is 0 Å². The van der Waals surface area contributed by atoms with E-state index in [2.05, 4.69) is 17.1 Å². The highest BCUT2D eigenvalue weighted by atomic mass is 32.2. The molecule has 2 nitrogen and oxygen atoms in total. The van der Waals surface area contributed by atoms with Crippen LogP contribution in [0.2, 0.25) is 0 Å². The van der Waals surface area contributed by atoms with E-state index < -0.39 is 0 Å². The van der Waals surface area contributed by atoms with Gasteiger partial charge in [-0.3, -0.25) is 4.99 Å². The summed E-state index contributed by atoms with van der Waals surface area (Å²) in [6.45, 7) is 0.961. The highest BCUT2D eigenvalue weighted by Crippen LogP contribution is 2.29. The molecule has 1 aromatic rings. The Balaban J connectivity index is 2.02. The van der Waals surface area contributed by atoms with Gasteiger partial charge in [0.2, 0.25) is 0 Å². The lowest BCUT2D eigenvalue weighted by Gasteiger charge is -2.02. The SMILES string of the molecule is COc1ccc(SC2=NCCS2)cc1. The molecule has 0 atom stereocenters. The largest absolute Gasteiger partial charge is 0.497 e. The molecule has 1 aliphatic rings. The third kappa shape index (κ3) is 2.45. The molecule has 0 radical (unpaired) electrons. The average molecular weight is 225 g/mol. The van der Waals surface area contributed by atoms with Gasteiger partial charge < -0.3 is 4.74 Å². The van der Waals surface area contributed by atoms with Crippen LogP contribution in [0.25, 0.3) is 0 Å². The lowest BCUT2D eigenvalue weighted by molar-refractivity contribution is 0.414. The van der Waals surface area contributed by atoms with Crippen LogP contribution in [0.5, 0.6) is 5.75 Å². The minimum Gasteiger partial charge on any atom is -0.497 e. The van der Waals surface area contributed by atoms with Crippen molar-refractivity contribution in [2.45, 2.75) is 4.90 Å². The molecule has 0 bridgehead atoms. The third-order valence-electron chi connectivity index (χ3n) is 1.82. The molecular formula is C10H11NOS2. The summed E-state index contributed by atoms with van der Waals surface area (Å²) in [6.07, 6.45) is 0. The molecule has 0 fully saturated rings. The Bertz CT molecular complexity index is 334. The van der Waals surface area contributed by atoms with Gasteiger partial charge in [-0.2, -0.15) is 0 Å². The van der Waals surface area contributed by atoms with E-state index in [1.54, 1.807) is 18.9 Å². The predicted molar refractivity (Wildman–Crippen MR) is 63.6 cm³/mol. The summed E-state index contributed by atoms with van der Waals surface area (Å²) in [5, 5.41) is 0. The van der Waals surface area contributed by atoms with Crippen molar-refractivity contribution in [3.05, 3.63) is 24.3 Å². The molecule has 1 aliphatic heterocycles. The van der Waals surface area contributed by atoms with Gasteiger partial charge in [0, 0.05) is 10.6 Å². The van der Waals surface area contributed by atoms with Gasteiger partial charge in [0.25, 0.3) is 0 Å². The van der Waals surface area contributed by atoms with Crippen LogP contribution in [-0.4, -0.2) is 23.8 Å². The molecule has 1 aromatic carbocycles. The molecule has 0 N–H and O–H groups in total. The van der Waals surface area contributed by atoms with Crippen molar-refractivity contribution in [2.24, 2.45) is 4.99 Å². The fraction of sp³-hybridized carbons (Fsp3) is 0.300. The van der Waals surface area contributed by atoms with Crippen LogP contribution in [0.15, 0.2) is 34.2 Å².